The van der Waals surface area contributed by atoms with E-state index in [4.69, 9.17) is 9.15 Å². The summed E-state index contributed by atoms with van der Waals surface area (Å²) in [6, 6.07) is 13.2. The van der Waals surface area contributed by atoms with Crippen molar-refractivity contribution in [2.24, 2.45) is 0 Å². The summed E-state index contributed by atoms with van der Waals surface area (Å²) in [5.74, 6) is 0.727. The van der Waals surface area contributed by atoms with Gasteiger partial charge in [-0.3, -0.25) is 0 Å². The molecule has 0 spiro atoms. The lowest BCUT2D eigenvalue weighted by atomic mass is 10.0. The van der Waals surface area contributed by atoms with Crippen LogP contribution in [0.3, 0.4) is 0 Å². The fourth-order valence-electron chi connectivity index (χ4n) is 2.79. The minimum Gasteiger partial charge on any atom is -0.467 e. The zero-order valence-electron chi connectivity index (χ0n) is 13.3. The molecule has 1 saturated heterocycles. The maximum atomic E-state index is 12.7. The number of nitrogens with zero attached hydrogens (tertiary/aromatic N) is 1. The van der Waals surface area contributed by atoms with E-state index in [9.17, 15) is 4.79 Å². The molecule has 5 heteroatoms. The monoisotopic (exact) mass is 314 g/mol. The van der Waals surface area contributed by atoms with E-state index in [2.05, 4.69) is 12.2 Å². The molecule has 2 amide bonds. The van der Waals surface area contributed by atoms with Crippen molar-refractivity contribution in [3.8, 4) is 0 Å². The zero-order chi connectivity index (χ0) is 16.1. The highest BCUT2D eigenvalue weighted by atomic mass is 16.5. The van der Waals surface area contributed by atoms with Crippen LogP contribution in [0.1, 0.15) is 30.7 Å². The number of rotatable bonds is 4. The van der Waals surface area contributed by atoms with Gasteiger partial charge in [0.1, 0.15) is 11.8 Å². The highest BCUT2D eigenvalue weighted by Crippen LogP contribution is 2.23. The maximum Gasteiger partial charge on any atom is 0.318 e. The average Bonchev–Trinajstić information content (AvgIpc) is 3.14. The molecule has 2 atom stereocenters. The molecule has 0 bridgehead atoms. The van der Waals surface area contributed by atoms with Crippen LogP contribution in [0, 0.1) is 0 Å². The lowest BCUT2D eigenvalue weighted by molar-refractivity contribution is -0.0156. The van der Waals surface area contributed by atoms with Gasteiger partial charge in [-0.15, -0.1) is 0 Å². The predicted molar refractivity (Wildman–Crippen MR) is 87.1 cm³/mol. The van der Waals surface area contributed by atoms with Crippen LogP contribution < -0.4 is 5.32 Å². The predicted octanol–water partition coefficient (Wildman–Crippen LogP) is 3.19. The molecule has 1 N–H and O–H groups in total. The maximum absolute atomic E-state index is 12.7. The van der Waals surface area contributed by atoms with Gasteiger partial charge in [-0.05, 0) is 24.1 Å². The SMILES string of the molecule is CC[C@H]1CN(C(=O)N[C@@H](c2ccccc2)c2ccco2)CCO1. The van der Waals surface area contributed by atoms with E-state index in [-0.39, 0.29) is 18.2 Å². The molecule has 0 saturated carbocycles. The summed E-state index contributed by atoms with van der Waals surface area (Å²) in [5.41, 5.74) is 0.996. The molecule has 0 unspecified atom stereocenters. The van der Waals surface area contributed by atoms with Crippen molar-refractivity contribution in [1.29, 1.82) is 0 Å². The second kappa shape index (κ2) is 7.33. The van der Waals surface area contributed by atoms with E-state index in [1.807, 2.05) is 47.4 Å². The number of carbonyl (C=O) groups excluding carboxylic acids is 1. The van der Waals surface area contributed by atoms with E-state index < -0.39 is 0 Å². The third kappa shape index (κ3) is 3.74. The number of furan rings is 1. The molecule has 2 aromatic rings. The first-order valence-corrected chi connectivity index (χ1v) is 8.03. The Labute approximate surface area is 136 Å². The van der Waals surface area contributed by atoms with Gasteiger partial charge in [0.2, 0.25) is 0 Å². The quantitative estimate of drug-likeness (QED) is 0.943. The smallest absolute Gasteiger partial charge is 0.318 e. The Kier molecular flexibility index (Phi) is 4.98. The Morgan fingerprint density at radius 1 is 1.30 bits per heavy atom. The molecule has 1 aliphatic rings. The largest absolute Gasteiger partial charge is 0.467 e. The van der Waals surface area contributed by atoms with E-state index in [1.165, 1.54) is 0 Å². The lowest BCUT2D eigenvalue weighted by Crippen LogP contribution is -2.50. The fraction of sp³-hybridized carbons (Fsp3) is 0.389. The number of hydrogen-bond acceptors (Lipinski definition) is 3. The number of urea groups is 1. The van der Waals surface area contributed by atoms with Gasteiger partial charge < -0.3 is 19.4 Å². The minimum atomic E-state index is -0.290. The third-order valence-electron chi connectivity index (χ3n) is 4.11. The first-order chi connectivity index (χ1) is 11.3. The molecule has 2 heterocycles. The molecule has 1 aromatic heterocycles. The molecule has 5 nitrogen and oxygen atoms in total. The molecular weight excluding hydrogens is 292 g/mol. The fourth-order valence-corrected chi connectivity index (χ4v) is 2.79. The van der Waals surface area contributed by atoms with Gasteiger partial charge in [-0.1, -0.05) is 37.3 Å². The second-order valence-electron chi connectivity index (χ2n) is 5.66. The van der Waals surface area contributed by atoms with E-state index >= 15 is 0 Å². The molecule has 0 radical (unpaired) electrons. The van der Waals surface area contributed by atoms with Gasteiger partial charge in [0, 0.05) is 13.1 Å². The van der Waals surface area contributed by atoms with Gasteiger partial charge >= 0.3 is 6.03 Å². The van der Waals surface area contributed by atoms with Crippen molar-refractivity contribution >= 4 is 6.03 Å². The number of amides is 2. The number of hydrogen-bond donors (Lipinski definition) is 1. The van der Waals surface area contributed by atoms with Crippen LogP contribution in [0.4, 0.5) is 4.79 Å². The summed E-state index contributed by atoms with van der Waals surface area (Å²) in [6.45, 7) is 3.90. The van der Waals surface area contributed by atoms with Gasteiger partial charge in [0.05, 0.1) is 19.0 Å². The summed E-state index contributed by atoms with van der Waals surface area (Å²) in [6.07, 6.45) is 2.65. The van der Waals surface area contributed by atoms with Crippen molar-refractivity contribution in [1.82, 2.24) is 10.2 Å². The van der Waals surface area contributed by atoms with Crippen LogP contribution in [0.25, 0.3) is 0 Å². The number of benzene rings is 1. The molecule has 3 rings (SSSR count). The Bertz CT molecular complexity index is 612. The van der Waals surface area contributed by atoms with Crippen LogP contribution in [-0.2, 0) is 4.74 Å². The van der Waals surface area contributed by atoms with Crippen LogP contribution in [0.15, 0.2) is 53.1 Å². The summed E-state index contributed by atoms with van der Waals surface area (Å²) in [5, 5.41) is 3.09. The second-order valence-corrected chi connectivity index (χ2v) is 5.66. The highest BCUT2D eigenvalue weighted by molar-refractivity contribution is 5.75. The molecular formula is C18H22N2O3. The van der Waals surface area contributed by atoms with Crippen molar-refractivity contribution in [2.75, 3.05) is 19.7 Å². The first kappa shape index (κ1) is 15.6. The molecule has 1 aromatic carbocycles. The summed E-state index contributed by atoms with van der Waals surface area (Å²) in [4.78, 5) is 14.5. The van der Waals surface area contributed by atoms with E-state index in [0.29, 0.717) is 19.7 Å². The molecule has 1 fully saturated rings. The zero-order valence-corrected chi connectivity index (χ0v) is 13.3. The Morgan fingerprint density at radius 3 is 2.83 bits per heavy atom. The first-order valence-electron chi connectivity index (χ1n) is 8.03. The van der Waals surface area contributed by atoms with Crippen LogP contribution >= 0.6 is 0 Å². The topological polar surface area (TPSA) is 54.7 Å². The van der Waals surface area contributed by atoms with E-state index in [1.54, 1.807) is 6.26 Å². The van der Waals surface area contributed by atoms with E-state index in [0.717, 1.165) is 17.7 Å². The number of nitrogens with one attached hydrogen (secondary N) is 1. The van der Waals surface area contributed by atoms with Crippen molar-refractivity contribution in [3.05, 3.63) is 60.1 Å². The highest BCUT2D eigenvalue weighted by Gasteiger charge is 2.26. The van der Waals surface area contributed by atoms with Crippen molar-refractivity contribution < 1.29 is 13.9 Å². The van der Waals surface area contributed by atoms with Gasteiger partial charge in [-0.2, -0.15) is 0 Å². The number of ether oxygens (including phenoxy) is 1. The average molecular weight is 314 g/mol. The number of carbonyl (C=O) groups is 1. The Hall–Kier alpha value is -2.27. The molecule has 0 aliphatic carbocycles. The van der Waals surface area contributed by atoms with Crippen LogP contribution in [-0.4, -0.2) is 36.7 Å². The van der Waals surface area contributed by atoms with Gasteiger partial charge in [0.25, 0.3) is 0 Å². The van der Waals surface area contributed by atoms with Crippen molar-refractivity contribution in [3.63, 3.8) is 0 Å². The Balaban J connectivity index is 1.75. The van der Waals surface area contributed by atoms with Crippen LogP contribution in [0.5, 0.6) is 0 Å². The van der Waals surface area contributed by atoms with Crippen LogP contribution in [0.2, 0.25) is 0 Å². The molecule has 23 heavy (non-hydrogen) atoms. The standard InChI is InChI=1S/C18H22N2O3/c1-2-15-13-20(10-12-22-15)18(21)19-17(16-9-6-11-23-16)14-7-4-3-5-8-14/h3-9,11,15,17H,2,10,12-13H2,1H3,(H,19,21)/t15-,17-/m0/s1. The minimum absolute atomic E-state index is 0.0861. The third-order valence-corrected chi connectivity index (χ3v) is 4.11. The van der Waals surface area contributed by atoms with Gasteiger partial charge in [0.15, 0.2) is 0 Å². The van der Waals surface area contributed by atoms with Gasteiger partial charge in [-0.25, -0.2) is 4.79 Å². The summed E-state index contributed by atoms with van der Waals surface area (Å²) >= 11 is 0. The number of morpholine rings is 1. The summed E-state index contributed by atoms with van der Waals surface area (Å²) < 4.78 is 11.2. The molecule has 1 aliphatic heterocycles. The molecule has 122 valence electrons. The Morgan fingerprint density at radius 2 is 2.13 bits per heavy atom. The van der Waals surface area contributed by atoms with Crippen molar-refractivity contribution in [2.45, 2.75) is 25.5 Å². The normalized spacial score (nSPS) is 19.3. The lowest BCUT2D eigenvalue weighted by Gasteiger charge is -2.33. The summed E-state index contributed by atoms with van der Waals surface area (Å²) in [7, 11) is 0.